The van der Waals surface area contributed by atoms with E-state index in [1.807, 2.05) is 0 Å². The van der Waals surface area contributed by atoms with Crippen LogP contribution in [-0.4, -0.2) is 17.5 Å². The van der Waals surface area contributed by atoms with E-state index in [0.717, 1.165) is 0 Å². The summed E-state index contributed by atoms with van der Waals surface area (Å²) >= 11 is 11.4. The van der Waals surface area contributed by atoms with Crippen molar-refractivity contribution in [1.82, 2.24) is 0 Å². The summed E-state index contributed by atoms with van der Waals surface area (Å²) in [6.07, 6.45) is 0.410. The molecule has 74 valence electrons. The Morgan fingerprint density at radius 2 is 1.86 bits per heavy atom. The largest absolute Gasteiger partial charge is 0.478 e. The zero-order valence-electron chi connectivity index (χ0n) is 6.75. The van der Waals surface area contributed by atoms with Crippen molar-refractivity contribution in [3.05, 3.63) is 27.7 Å². The minimum atomic E-state index is -1.13. The minimum Gasteiger partial charge on any atom is -0.478 e. The molecule has 1 amide bonds. The second kappa shape index (κ2) is 4.30. The molecule has 0 heterocycles. The Bertz CT molecular complexity index is 369. The fourth-order valence-electron chi connectivity index (χ4n) is 0.893. The van der Waals surface area contributed by atoms with Gasteiger partial charge in [-0.15, -0.1) is 0 Å². The summed E-state index contributed by atoms with van der Waals surface area (Å²) in [7, 11) is 0. The Kier molecular flexibility index (Phi) is 3.33. The molecule has 0 aliphatic heterocycles. The van der Waals surface area contributed by atoms with Crippen LogP contribution in [0, 0.1) is 0 Å². The molecule has 14 heavy (non-hydrogen) atoms. The van der Waals surface area contributed by atoms with Crippen LogP contribution < -0.4 is 5.32 Å². The number of carbonyl (C=O) groups excluding carboxylic acids is 1. The summed E-state index contributed by atoms with van der Waals surface area (Å²) in [6, 6.07) is 2.42. The Hall–Kier alpha value is -1.26. The third kappa shape index (κ3) is 2.16. The predicted octanol–water partition coefficient (Wildman–Crippen LogP) is 2.26. The number of benzene rings is 1. The van der Waals surface area contributed by atoms with Crippen LogP contribution in [0.4, 0.5) is 5.69 Å². The van der Waals surface area contributed by atoms with E-state index in [9.17, 15) is 9.59 Å². The summed E-state index contributed by atoms with van der Waals surface area (Å²) in [5.74, 6) is -1.13. The number of carboxylic acid groups (broad SMARTS) is 1. The van der Waals surface area contributed by atoms with Crippen LogP contribution in [-0.2, 0) is 4.79 Å². The van der Waals surface area contributed by atoms with Crippen molar-refractivity contribution in [3.8, 4) is 0 Å². The molecule has 1 aromatic carbocycles. The van der Waals surface area contributed by atoms with Crippen LogP contribution in [0.2, 0.25) is 10.0 Å². The highest BCUT2D eigenvalue weighted by molar-refractivity contribution is 6.40. The van der Waals surface area contributed by atoms with E-state index in [2.05, 4.69) is 5.32 Å². The number of hydrogen-bond acceptors (Lipinski definition) is 2. The number of rotatable bonds is 3. The molecule has 1 aromatic rings. The molecule has 0 aromatic heterocycles. The van der Waals surface area contributed by atoms with Crippen molar-refractivity contribution in [1.29, 1.82) is 0 Å². The molecule has 0 radical (unpaired) electrons. The van der Waals surface area contributed by atoms with Crippen LogP contribution in [0.25, 0.3) is 0 Å². The molecule has 2 N–H and O–H groups in total. The van der Waals surface area contributed by atoms with Crippen LogP contribution in [0.15, 0.2) is 12.1 Å². The molecule has 0 aliphatic carbocycles. The maximum absolute atomic E-state index is 10.6. The molecule has 0 aliphatic rings. The van der Waals surface area contributed by atoms with Crippen molar-refractivity contribution in [2.75, 3.05) is 5.32 Å². The minimum absolute atomic E-state index is 0.0311. The number of nitrogens with one attached hydrogen (secondary N) is 1. The van der Waals surface area contributed by atoms with Crippen LogP contribution in [0.3, 0.4) is 0 Å². The third-order valence-corrected chi connectivity index (χ3v) is 2.09. The van der Waals surface area contributed by atoms with Gasteiger partial charge in [-0.3, -0.25) is 4.79 Å². The summed E-state index contributed by atoms with van der Waals surface area (Å²) < 4.78 is 0. The van der Waals surface area contributed by atoms with Crippen LogP contribution in [0.5, 0.6) is 0 Å². The Labute approximate surface area is 89.4 Å². The lowest BCUT2D eigenvalue weighted by atomic mass is 10.2. The van der Waals surface area contributed by atoms with Crippen molar-refractivity contribution < 1.29 is 14.7 Å². The lowest BCUT2D eigenvalue weighted by molar-refractivity contribution is -0.105. The van der Waals surface area contributed by atoms with E-state index in [1.165, 1.54) is 12.1 Å². The SMILES string of the molecule is O=CNc1c(Cl)cc(C(=O)O)cc1Cl. The molecule has 6 heteroatoms. The molecular weight excluding hydrogens is 229 g/mol. The fraction of sp³-hybridized carbons (Fsp3) is 0. The quantitative estimate of drug-likeness (QED) is 0.788. The molecule has 0 saturated carbocycles. The number of anilines is 1. The second-order valence-electron chi connectivity index (χ2n) is 2.38. The van der Waals surface area contributed by atoms with Gasteiger partial charge in [0.05, 0.1) is 21.3 Å². The number of aromatic carboxylic acids is 1. The van der Waals surface area contributed by atoms with E-state index >= 15 is 0 Å². The van der Waals surface area contributed by atoms with Gasteiger partial charge in [0, 0.05) is 0 Å². The van der Waals surface area contributed by atoms with Gasteiger partial charge in [-0.2, -0.15) is 0 Å². The highest BCUT2D eigenvalue weighted by atomic mass is 35.5. The van der Waals surface area contributed by atoms with Gasteiger partial charge in [-0.1, -0.05) is 23.2 Å². The highest BCUT2D eigenvalue weighted by Crippen LogP contribution is 2.31. The van der Waals surface area contributed by atoms with Crippen molar-refractivity contribution in [2.45, 2.75) is 0 Å². The van der Waals surface area contributed by atoms with E-state index in [-0.39, 0.29) is 21.3 Å². The van der Waals surface area contributed by atoms with Crippen molar-refractivity contribution in [2.24, 2.45) is 0 Å². The molecular formula is C8H5Cl2NO3. The highest BCUT2D eigenvalue weighted by Gasteiger charge is 2.11. The number of amides is 1. The summed E-state index contributed by atoms with van der Waals surface area (Å²) in [5, 5.41) is 11.1. The topological polar surface area (TPSA) is 66.4 Å². The molecule has 0 unspecified atom stereocenters. The fourth-order valence-corrected chi connectivity index (χ4v) is 1.49. The number of carboxylic acids is 1. The molecule has 0 saturated heterocycles. The molecule has 0 atom stereocenters. The van der Waals surface area contributed by atoms with Gasteiger partial charge in [0.25, 0.3) is 0 Å². The van der Waals surface area contributed by atoms with Gasteiger partial charge in [-0.05, 0) is 12.1 Å². The van der Waals surface area contributed by atoms with E-state index in [4.69, 9.17) is 28.3 Å². The lowest BCUT2D eigenvalue weighted by Gasteiger charge is -2.05. The van der Waals surface area contributed by atoms with Crippen LogP contribution >= 0.6 is 23.2 Å². The lowest BCUT2D eigenvalue weighted by Crippen LogP contribution is -2.00. The van der Waals surface area contributed by atoms with Crippen molar-refractivity contribution >= 4 is 41.3 Å². The molecule has 4 nitrogen and oxygen atoms in total. The molecule has 1 rings (SSSR count). The first-order chi connectivity index (χ1) is 6.56. The maximum Gasteiger partial charge on any atom is 0.335 e. The first-order valence-electron chi connectivity index (χ1n) is 3.48. The average molecular weight is 234 g/mol. The van der Waals surface area contributed by atoms with E-state index in [0.29, 0.717) is 6.41 Å². The van der Waals surface area contributed by atoms with Crippen LogP contribution in [0.1, 0.15) is 10.4 Å². The number of hydrogen-bond donors (Lipinski definition) is 2. The Morgan fingerprint density at radius 3 is 2.21 bits per heavy atom. The van der Waals surface area contributed by atoms with Gasteiger partial charge in [0.1, 0.15) is 0 Å². The summed E-state index contributed by atoms with van der Waals surface area (Å²) in [6.45, 7) is 0. The average Bonchev–Trinajstić information content (AvgIpc) is 2.10. The molecule has 0 bridgehead atoms. The van der Waals surface area contributed by atoms with Crippen molar-refractivity contribution in [3.63, 3.8) is 0 Å². The van der Waals surface area contributed by atoms with Gasteiger partial charge < -0.3 is 10.4 Å². The number of carbonyl (C=O) groups is 2. The smallest absolute Gasteiger partial charge is 0.335 e. The predicted molar refractivity (Wildman–Crippen MR) is 53.1 cm³/mol. The van der Waals surface area contributed by atoms with Gasteiger partial charge >= 0.3 is 5.97 Å². The third-order valence-electron chi connectivity index (χ3n) is 1.49. The first-order valence-corrected chi connectivity index (χ1v) is 4.24. The molecule has 0 spiro atoms. The maximum atomic E-state index is 10.6. The zero-order valence-corrected chi connectivity index (χ0v) is 8.26. The summed E-state index contributed by atoms with van der Waals surface area (Å²) in [5.41, 5.74) is 0.171. The van der Waals surface area contributed by atoms with E-state index in [1.54, 1.807) is 0 Å². The Balaban J connectivity index is 3.24. The molecule has 0 fully saturated rings. The van der Waals surface area contributed by atoms with Gasteiger partial charge in [-0.25, -0.2) is 4.79 Å². The first kappa shape index (κ1) is 10.8. The number of halogens is 2. The zero-order chi connectivity index (χ0) is 10.7. The standard InChI is InChI=1S/C8H5Cl2NO3/c9-5-1-4(8(13)14)2-6(10)7(5)11-3-12/h1-3H,(H,11,12)(H,13,14). The second-order valence-corrected chi connectivity index (χ2v) is 3.20. The summed E-state index contributed by atoms with van der Waals surface area (Å²) in [4.78, 5) is 20.7. The van der Waals surface area contributed by atoms with Gasteiger partial charge in [0.2, 0.25) is 6.41 Å². The normalized spacial score (nSPS) is 9.57. The van der Waals surface area contributed by atoms with E-state index < -0.39 is 5.97 Å². The Morgan fingerprint density at radius 1 is 1.36 bits per heavy atom. The van der Waals surface area contributed by atoms with Gasteiger partial charge in [0.15, 0.2) is 0 Å². The monoisotopic (exact) mass is 233 g/mol.